The van der Waals surface area contributed by atoms with Crippen molar-refractivity contribution in [2.75, 3.05) is 66.7 Å². The lowest BCUT2D eigenvalue weighted by molar-refractivity contribution is -0.151. The van der Waals surface area contributed by atoms with Gasteiger partial charge in [-0.3, -0.25) is 19.2 Å². The lowest BCUT2D eigenvalue weighted by atomic mass is 9.94. The number of ether oxygens (including phenoxy) is 3. The Morgan fingerprint density at radius 2 is 0.833 bits per heavy atom. The molecule has 10 heteroatoms. The van der Waals surface area contributed by atoms with E-state index in [-0.39, 0.29) is 50.1 Å². The van der Waals surface area contributed by atoms with Gasteiger partial charge in [-0.05, 0) is 39.8 Å². The highest BCUT2D eigenvalue weighted by atomic mass is 16.5. The molecule has 0 fully saturated rings. The molecular weight excluding hydrogens is 755 g/mol. The van der Waals surface area contributed by atoms with E-state index in [1.165, 1.54) is 120 Å². The summed E-state index contributed by atoms with van der Waals surface area (Å²) >= 11 is 0. The Kier molecular flexibility index (Phi) is 41.4. The van der Waals surface area contributed by atoms with Crippen LogP contribution in [0.1, 0.15) is 207 Å². The van der Waals surface area contributed by atoms with E-state index in [2.05, 4.69) is 33.0 Å². The van der Waals surface area contributed by atoms with E-state index in [1.807, 2.05) is 19.0 Å². The zero-order valence-electron chi connectivity index (χ0n) is 40.0. The molecule has 0 aromatic rings. The van der Waals surface area contributed by atoms with Crippen molar-refractivity contribution in [2.45, 2.75) is 207 Å². The minimum atomic E-state index is -0.397. The number of amides is 2. The van der Waals surface area contributed by atoms with Gasteiger partial charge in [0.2, 0.25) is 11.8 Å². The van der Waals surface area contributed by atoms with E-state index in [9.17, 15) is 19.2 Å². The van der Waals surface area contributed by atoms with Gasteiger partial charge in [0.15, 0.2) is 0 Å². The van der Waals surface area contributed by atoms with Crippen LogP contribution in [0.5, 0.6) is 0 Å². The molecule has 0 bridgehead atoms. The number of esters is 2. The number of nitrogens with zero attached hydrogens (tertiary/aromatic N) is 2. The second-order valence-corrected chi connectivity index (χ2v) is 17.3. The molecule has 60 heavy (non-hydrogen) atoms. The molecule has 0 saturated carbocycles. The van der Waals surface area contributed by atoms with Crippen molar-refractivity contribution in [2.24, 2.45) is 11.8 Å². The first-order valence-corrected chi connectivity index (χ1v) is 25.0. The summed E-state index contributed by atoms with van der Waals surface area (Å²) in [4.78, 5) is 56.5. The highest BCUT2D eigenvalue weighted by Gasteiger charge is 2.22. The van der Waals surface area contributed by atoms with Gasteiger partial charge in [-0.1, -0.05) is 182 Å². The van der Waals surface area contributed by atoms with Gasteiger partial charge in [-0.2, -0.15) is 0 Å². The van der Waals surface area contributed by atoms with Gasteiger partial charge < -0.3 is 29.3 Å². The van der Waals surface area contributed by atoms with E-state index in [0.717, 1.165) is 83.6 Å². The zero-order chi connectivity index (χ0) is 44.3. The first-order chi connectivity index (χ1) is 29.2. The zero-order valence-corrected chi connectivity index (χ0v) is 40.0. The third-order valence-electron chi connectivity index (χ3n) is 11.4. The lowest BCUT2D eigenvalue weighted by Crippen LogP contribution is -2.37. The topological polar surface area (TPSA) is 114 Å². The quantitative estimate of drug-likeness (QED) is 0.0366. The fourth-order valence-corrected chi connectivity index (χ4v) is 7.43. The maximum atomic E-state index is 13.5. The molecule has 0 aromatic carbocycles. The standard InChI is InChI=1S/C50H95N3O7/c1-7-11-15-19-23-27-31-45(32-28-24-20-16-12-8-2)49(56)59-43-39-53(48(55)36-35-47(54)51-37-41-58-42-38-52(5)6)40-44-60-50(57)46(33-29-25-21-17-13-9-3)34-30-26-22-18-14-10-4/h35-36,45-46H,7-34,37-44H2,1-6H3,(H,51,54). The Morgan fingerprint density at radius 1 is 0.467 bits per heavy atom. The number of unbranched alkanes of at least 4 members (excludes halogenated alkanes) is 20. The van der Waals surface area contributed by atoms with Gasteiger partial charge in [0, 0.05) is 25.2 Å². The second-order valence-electron chi connectivity index (χ2n) is 17.3. The van der Waals surface area contributed by atoms with Crippen LogP contribution in [0.25, 0.3) is 0 Å². The number of likely N-dealkylation sites (N-methyl/N-ethyl adjacent to an activating group) is 1. The molecule has 0 rings (SSSR count). The van der Waals surface area contributed by atoms with Gasteiger partial charge in [-0.15, -0.1) is 0 Å². The van der Waals surface area contributed by atoms with Crippen LogP contribution >= 0.6 is 0 Å². The molecule has 0 radical (unpaired) electrons. The number of carbonyl (C=O) groups is 4. The monoisotopic (exact) mass is 850 g/mol. The molecule has 0 unspecified atom stereocenters. The average Bonchev–Trinajstić information content (AvgIpc) is 3.23. The smallest absolute Gasteiger partial charge is 0.308 e. The molecule has 352 valence electrons. The van der Waals surface area contributed by atoms with E-state index in [0.29, 0.717) is 19.8 Å². The van der Waals surface area contributed by atoms with Crippen LogP contribution in [0.4, 0.5) is 0 Å². The normalized spacial score (nSPS) is 11.6. The van der Waals surface area contributed by atoms with Crippen molar-refractivity contribution in [3.8, 4) is 0 Å². The molecule has 0 aliphatic rings. The number of carbonyl (C=O) groups excluding carboxylic acids is 4. The van der Waals surface area contributed by atoms with Crippen molar-refractivity contribution in [3.05, 3.63) is 12.2 Å². The molecule has 10 nitrogen and oxygen atoms in total. The number of hydrogen-bond acceptors (Lipinski definition) is 8. The Bertz CT molecular complexity index is 967. The largest absolute Gasteiger partial charge is 0.464 e. The molecular formula is C50H95N3O7. The van der Waals surface area contributed by atoms with E-state index in [1.54, 1.807) is 0 Å². The molecule has 0 spiro atoms. The van der Waals surface area contributed by atoms with Crippen LogP contribution < -0.4 is 5.32 Å². The maximum absolute atomic E-state index is 13.5. The van der Waals surface area contributed by atoms with Crippen molar-refractivity contribution >= 4 is 23.8 Å². The van der Waals surface area contributed by atoms with E-state index < -0.39 is 11.8 Å². The van der Waals surface area contributed by atoms with Gasteiger partial charge in [0.25, 0.3) is 0 Å². The van der Waals surface area contributed by atoms with Gasteiger partial charge >= 0.3 is 11.9 Å². The molecule has 0 aromatic heterocycles. The summed E-state index contributed by atoms with van der Waals surface area (Å²) in [5.41, 5.74) is 0. The van der Waals surface area contributed by atoms with Crippen LogP contribution in [0.15, 0.2) is 12.2 Å². The fraction of sp³-hybridized carbons (Fsp3) is 0.880. The highest BCUT2D eigenvalue weighted by molar-refractivity contribution is 5.96. The number of hydrogen-bond donors (Lipinski definition) is 1. The number of rotatable bonds is 44. The maximum Gasteiger partial charge on any atom is 0.308 e. The van der Waals surface area contributed by atoms with Crippen LogP contribution in [0.3, 0.4) is 0 Å². The third-order valence-corrected chi connectivity index (χ3v) is 11.4. The minimum absolute atomic E-state index is 0.0467. The summed E-state index contributed by atoms with van der Waals surface area (Å²) in [6.45, 7) is 11.3. The first kappa shape index (κ1) is 57.5. The average molecular weight is 850 g/mol. The molecule has 0 heterocycles. The molecule has 0 saturated heterocycles. The second kappa shape index (κ2) is 43.2. The summed E-state index contributed by atoms with van der Waals surface area (Å²) in [6, 6.07) is 0. The van der Waals surface area contributed by atoms with Crippen LogP contribution in [0.2, 0.25) is 0 Å². The highest BCUT2D eigenvalue weighted by Crippen LogP contribution is 2.22. The van der Waals surface area contributed by atoms with Gasteiger partial charge in [0.1, 0.15) is 13.2 Å². The number of nitrogens with one attached hydrogen (secondary N) is 1. The molecule has 0 atom stereocenters. The van der Waals surface area contributed by atoms with E-state index in [4.69, 9.17) is 14.2 Å². The summed E-state index contributed by atoms with van der Waals surface area (Å²) in [5, 5.41) is 2.76. The van der Waals surface area contributed by atoms with Crippen LogP contribution in [0, 0.1) is 11.8 Å². The molecule has 0 aliphatic heterocycles. The van der Waals surface area contributed by atoms with Crippen molar-refractivity contribution in [1.29, 1.82) is 0 Å². The Morgan fingerprint density at radius 3 is 1.20 bits per heavy atom. The molecule has 0 aliphatic carbocycles. The summed E-state index contributed by atoms with van der Waals surface area (Å²) in [6.07, 6.45) is 34.0. The SMILES string of the molecule is CCCCCCCCC(CCCCCCCC)C(=O)OCCN(CCOC(=O)C(CCCCCCCC)CCCCCCCC)C(=O)C=CC(=O)NCCOCCN(C)C. The predicted molar refractivity (Wildman–Crippen MR) is 249 cm³/mol. The predicted octanol–water partition coefficient (Wildman–Crippen LogP) is 11.4. The van der Waals surface area contributed by atoms with Crippen molar-refractivity contribution in [1.82, 2.24) is 15.1 Å². The first-order valence-electron chi connectivity index (χ1n) is 25.0. The molecule has 1 N–H and O–H groups in total. The summed E-state index contributed by atoms with van der Waals surface area (Å²) in [5.74, 6) is -1.45. The third kappa shape index (κ3) is 36.2. The van der Waals surface area contributed by atoms with Crippen LogP contribution in [-0.4, -0.2) is 100 Å². The Hall–Kier alpha value is -2.46. The van der Waals surface area contributed by atoms with Crippen molar-refractivity contribution < 1.29 is 33.4 Å². The van der Waals surface area contributed by atoms with Crippen LogP contribution in [-0.2, 0) is 33.4 Å². The summed E-state index contributed by atoms with van der Waals surface area (Å²) < 4.78 is 17.3. The Balaban J connectivity index is 5.55. The van der Waals surface area contributed by atoms with Gasteiger partial charge in [-0.25, -0.2) is 0 Å². The minimum Gasteiger partial charge on any atom is -0.464 e. The fourth-order valence-electron chi connectivity index (χ4n) is 7.43. The van der Waals surface area contributed by atoms with Gasteiger partial charge in [0.05, 0.1) is 38.1 Å². The lowest BCUT2D eigenvalue weighted by Gasteiger charge is -2.23. The van der Waals surface area contributed by atoms with E-state index >= 15 is 0 Å². The Labute approximate surface area is 369 Å². The van der Waals surface area contributed by atoms with Crippen molar-refractivity contribution in [3.63, 3.8) is 0 Å². The summed E-state index contributed by atoms with van der Waals surface area (Å²) in [7, 11) is 3.95. The molecule has 2 amide bonds.